The van der Waals surface area contributed by atoms with Crippen LogP contribution >= 0.6 is 0 Å². The zero-order valence-corrected chi connectivity index (χ0v) is 18.7. The van der Waals surface area contributed by atoms with Crippen LogP contribution in [0.25, 0.3) is 6.08 Å². The Morgan fingerprint density at radius 1 is 0.917 bits per heavy atom. The molecule has 36 heavy (non-hydrogen) atoms. The van der Waals surface area contributed by atoms with Crippen LogP contribution in [-0.4, -0.2) is 33.5 Å². The quantitative estimate of drug-likeness (QED) is 0.239. The van der Waals surface area contributed by atoms with E-state index in [1.54, 1.807) is 11.1 Å². The van der Waals surface area contributed by atoms with Gasteiger partial charge in [0.05, 0.1) is 28.5 Å². The smallest absolute Gasteiger partial charge is 0.270 e. The molecule has 3 aliphatic rings. The first kappa shape index (κ1) is 21.8. The van der Waals surface area contributed by atoms with Crippen molar-refractivity contribution in [1.82, 2.24) is 4.90 Å². The Morgan fingerprint density at radius 2 is 1.67 bits per heavy atom. The molecular formula is C27H18FN3O5. The van der Waals surface area contributed by atoms with Crippen LogP contribution in [0, 0.1) is 27.8 Å². The molecule has 2 fully saturated rings. The van der Waals surface area contributed by atoms with E-state index in [0.29, 0.717) is 0 Å². The molecule has 0 aromatic heterocycles. The van der Waals surface area contributed by atoms with Crippen molar-refractivity contribution < 1.29 is 23.7 Å². The Bertz CT molecular complexity index is 1500. The molecule has 3 aromatic carbocycles. The summed E-state index contributed by atoms with van der Waals surface area (Å²) >= 11 is 0. The average Bonchev–Trinajstić information content (AvgIpc) is 3.36. The van der Waals surface area contributed by atoms with E-state index in [9.17, 15) is 28.9 Å². The molecule has 3 aromatic rings. The third kappa shape index (κ3) is 3.09. The van der Waals surface area contributed by atoms with Gasteiger partial charge in [-0.05, 0) is 35.4 Å². The first-order valence-electron chi connectivity index (χ1n) is 11.3. The van der Waals surface area contributed by atoms with Crippen molar-refractivity contribution in [3.8, 4) is 0 Å². The first-order chi connectivity index (χ1) is 17.4. The van der Waals surface area contributed by atoms with Crippen LogP contribution in [0.3, 0.4) is 0 Å². The molecule has 9 heteroatoms. The number of rotatable bonds is 4. The molecule has 0 radical (unpaired) electrons. The summed E-state index contributed by atoms with van der Waals surface area (Å²) in [7, 11) is 0. The van der Waals surface area contributed by atoms with Crippen LogP contribution in [-0.2, 0) is 9.59 Å². The Labute approximate surface area is 204 Å². The lowest BCUT2D eigenvalue weighted by Crippen LogP contribution is -2.44. The maximum Gasteiger partial charge on any atom is 0.270 e. The van der Waals surface area contributed by atoms with E-state index < -0.39 is 52.3 Å². The van der Waals surface area contributed by atoms with Gasteiger partial charge >= 0.3 is 0 Å². The minimum absolute atomic E-state index is 0.0744. The van der Waals surface area contributed by atoms with Gasteiger partial charge < -0.3 is 4.90 Å². The molecule has 1 unspecified atom stereocenters. The summed E-state index contributed by atoms with van der Waals surface area (Å²) in [6, 6.07) is 16.3. The first-order valence-corrected chi connectivity index (χ1v) is 11.3. The van der Waals surface area contributed by atoms with Gasteiger partial charge in [-0.25, -0.2) is 9.29 Å². The Balaban J connectivity index is 1.50. The number of anilines is 1. The zero-order chi connectivity index (χ0) is 25.1. The van der Waals surface area contributed by atoms with Gasteiger partial charge in [0, 0.05) is 23.9 Å². The largest absolute Gasteiger partial charge is 0.358 e. The molecule has 0 saturated carbocycles. The topological polar surface area (TPSA) is 101 Å². The van der Waals surface area contributed by atoms with E-state index in [-0.39, 0.29) is 16.9 Å². The predicted molar refractivity (Wildman–Crippen MR) is 127 cm³/mol. The summed E-state index contributed by atoms with van der Waals surface area (Å²) in [6.07, 6.45) is 3.53. The minimum atomic E-state index is -1.07. The third-order valence-corrected chi connectivity index (χ3v) is 7.14. The van der Waals surface area contributed by atoms with Crippen molar-refractivity contribution in [1.29, 1.82) is 0 Å². The van der Waals surface area contributed by atoms with Gasteiger partial charge in [-0.2, -0.15) is 0 Å². The van der Waals surface area contributed by atoms with E-state index in [4.69, 9.17) is 0 Å². The van der Waals surface area contributed by atoms with E-state index >= 15 is 0 Å². The molecule has 0 spiro atoms. The van der Waals surface area contributed by atoms with Crippen LogP contribution in [0.1, 0.15) is 27.5 Å². The number of amides is 2. The molecular weight excluding hydrogens is 465 g/mol. The van der Waals surface area contributed by atoms with E-state index in [1.807, 2.05) is 30.3 Å². The summed E-state index contributed by atoms with van der Waals surface area (Å²) in [5, 5.41) is 11.3. The van der Waals surface area contributed by atoms with E-state index in [1.165, 1.54) is 42.5 Å². The fourth-order valence-corrected chi connectivity index (χ4v) is 5.67. The number of carbonyl (C=O) groups is 3. The molecule has 2 amide bonds. The van der Waals surface area contributed by atoms with Gasteiger partial charge in [-0.3, -0.25) is 24.5 Å². The van der Waals surface area contributed by atoms with Crippen LogP contribution in [0.15, 0.2) is 79.0 Å². The molecule has 0 N–H and O–H groups in total. The second-order valence-electron chi connectivity index (χ2n) is 9.00. The third-order valence-electron chi connectivity index (χ3n) is 7.14. The zero-order valence-electron chi connectivity index (χ0n) is 18.7. The average molecular weight is 483 g/mol. The summed E-state index contributed by atoms with van der Waals surface area (Å²) in [6.45, 7) is 0. The highest BCUT2D eigenvalue weighted by molar-refractivity contribution is 6.24. The molecule has 178 valence electrons. The lowest BCUT2D eigenvalue weighted by atomic mass is 9.83. The van der Waals surface area contributed by atoms with Crippen molar-refractivity contribution in [2.45, 2.75) is 12.1 Å². The summed E-state index contributed by atoms with van der Waals surface area (Å²) < 4.78 is 14.0. The number of ketones is 1. The number of carbonyl (C=O) groups excluding carboxylic acids is 3. The standard InChI is InChI=1S/C27H18FN3O5/c28-17-7-4-8-18(14-17)30-26(33)21-22(27(30)34)24(25(32)16-6-3-9-19(13-16)31(35)36)29-12-11-15-5-1-2-10-20(15)23(21)29/h1-14,21-24H/t21-,22+,23?,24-/m0/s1. The molecule has 0 bridgehead atoms. The number of nitro groups is 1. The maximum absolute atomic E-state index is 14.0. The summed E-state index contributed by atoms with van der Waals surface area (Å²) in [5.41, 5.74) is 1.59. The second kappa shape index (κ2) is 7.94. The highest BCUT2D eigenvalue weighted by Crippen LogP contribution is 2.53. The number of non-ortho nitro benzene ring substituents is 1. The van der Waals surface area contributed by atoms with E-state index in [0.717, 1.165) is 22.1 Å². The highest BCUT2D eigenvalue weighted by Gasteiger charge is 2.64. The van der Waals surface area contributed by atoms with Crippen molar-refractivity contribution in [3.63, 3.8) is 0 Å². The number of fused-ring (bicyclic) bond motifs is 5. The molecule has 0 aliphatic carbocycles. The fraction of sp³-hybridized carbons (Fsp3) is 0.148. The van der Waals surface area contributed by atoms with Crippen molar-refractivity contribution >= 4 is 35.0 Å². The molecule has 3 heterocycles. The number of hydrogen-bond acceptors (Lipinski definition) is 6. The fourth-order valence-electron chi connectivity index (χ4n) is 5.67. The number of Topliss-reactive ketones (excluding diaryl/α,β-unsaturated/α-hetero) is 1. The lowest BCUT2D eigenvalue weighted by molar-refractivity contribution is -0.384. The maximum atomic E-state index is 14.0. The molecule has 6 rings (SSSR count). The van der Waals surface area contributed by atoms with Gasteiger partial charge in [-0.1, -0.05) is 42.5 Å². The van der Waals surface area contributed by atoms with Crippen LogP contribution in [0.2, 0.25) is 0 Å². The molecule has 4 atom stereocenters. The van der Waals surface area contributed by atoms with E-state index in [2.05, 4.69) is 0 Å². The van der Waals surface area contributed by atoms with Crippen LogP contribution in [0.4, 0.5) is 15.8 Å². The Hall–Kier alpha value is -4.66. The van der Waals surface area contributed by atoms with Crippen LogP contribution < -0.4 is 4.90 Å². The van der Waals surface area contributed by atoms with Gasteiger partial charge in [0.15, 0.2) is 5.78 Å². The number of halogens is 1. The number of nitro benzene ring substituents is 1. The van der Waals surface area contributed by atoms with Crippen LogP contribution in [0.5, 0.6) is 0 Å². The van der Waals surface area contributed by atoms with Crippen molar-refractivity contribution in [2.24, 2.45) is 11.8 Å². The van der Waals surface area contributed by atoms with Crippen molar-refractivity contribution in [3.05, 3.63) is 112 Å². The Kier molecular flexibility index (Phi) is 4.82. The van der Waals surface area contributed by atoms with Gasteiger partial charge in [0.25, 0.3) is 5.69 Å². The number of hydrogen-bond donors (Lipinski definition) is 0. The Morgan fingerprint density at radius 3 is 2.44 bits per heavy atom. The normalized spacial score (nSPS) is 23.9. The molecule has 8 nitrogen and oxygen atoms in total. The lowest BCUT2D eigenvalue weighted by Gasteiger charge is -2.35. The summed E-state index contributed by atoms with van der Waals surface area (Å²) in [5.74, 6) is -4.14. The van der Waals surface area contributed by atoms with Crippen molar-refractivity contribution in [2.75, 3.05) is 4.90 Å². The van der Waals surface area contributed by atoms with Gasteiger partial charge in [-0.15, -0.1) is 0 Å². The highest BCUT2D eigenvalue weighted by atomic mass is 19.1. The number of nitrogens with zero attached hydrogens (tertiary/aromatic N) is 3. The van der Waals surface area contributed by atoms with Gasteiger partial charge in [0.1, 0.15) is 11.9 Å². The second-order valence-corrected chi connectivity index (χ2v) is 9.00. The minimum Gasteiger partial charge on any atom is -0.358 e. The molecule has 3 aliphatic heterocycles. The monoisotopic (exact) mass is 483 g/mol. The SMILES string of the molecule is O=C(c1cccc([N+](=O)[O-])c1)[C@@H]1[C@@H]2C(=O)N(c3cccc(F)c3)C(=O)[C@@H]2C2c3ccccc3C=CN21. The number of imide groups is 1. The number of benzene rings is 3. The van der Waals surface area contributed by atoms with Gasteiger partial charge in [0.2, 0.25) is 11.8 Å². The molecule has 2 saturated heterocycles. The predicted octanol–water partition coefficient (Wildman–Crippen LogP) is 4.13. The summed E-state index contributed by atoms with van der Waals surface area (Å²) in [4.78, 5) is 54.7.